The molecule has 5 nitrogen and oxygen atoms in total. The van der Waals surface area contributed by atoms with E-state index in [0.717, 1.165) is 24.8 Å². The van der Waals surface area contributed by atoms with Crippen LogP contribution in [0.15, 0.2) is 30.3 Å². The van der Waals surface area contributed by atoms with Gasteiger partial charge in [0.25, 0.3) is 0 Å². The largest absolute Gasteiger partial charge is 0.461 e. The predicted octanol–water partition coefficient (Wildman–Crippen LogP) is 3.40. The first-order chi connectivity index (χ1) is 11.6. The molecule has 24 heavy (non-hydrogen) atoms. The van der Waals surface area contributed by atoms with Crippen LogP contribution in [-0.2, 0) is 30.4 Å². The van der Waals surface area contributed by atoms with Crippen molar-refractivity contribution in [3.63, 3.8) is 0 Å². The van der Waals surface area contributed by atoms with E-state index in [-0.39, 0.29) is 25.2 Å². The van der Waals surface area contributed by atoms with Crippen LogP contribution in [0, 0.1) is 0 Å². The van der Waals surface area contributed by atoms with Crippen molar-refractivity contribution in [1.82, 2.24) is 0 Å². The average Bonchev–Trinajstić information content (AvgIpc) is 2.96. The van der Waals surface area contributed by atoms with Gasteiger partial charge in [0.1, 0.15) is 6.61 Å². The fraction of sp³-hybridized carbons (Fsp3) is 0.579. The monoisotopic (exact) mass is 334 g/mol. The van der Waals surface area contributed by atoms with Gasteiger partial charge >= 0.3 is 11.9 Å². The van der Waals surface area contributed by atoms with Crippen molar-refractivity contribution in [1.29, 1.82) is 0 Å². The smallest absolute Gasteiger partial charge is 0.306 e. The molecule has 5 heteroatoms. The minimum absolute atomic E-state index is 0.0679. The van der Waals surface area contributed by atoms with E-state index < -0.39 is 5.60 Å². The number of hydrogen-bond donors (Lipinski definition) is 0. The molecular formula is C19H26O5. The molecule has 0 aromatic heterocycles. The first kappa shape index (κ1) is 18.5. The quantitative estimate of drug-likeness (QED) is 0.485. The van der Waals surface area contributed by atoms with Gasteiger partial charge in [0.05, 0.1) is 13.2 Å². The van der Waals surface area contributed by atoms with Crippen LogP contribution in [0.3, 0.4) is 0 Å². The Hall–Kier alpha value is -1.88. The number of ether oxygens (including phenoxy) is 3. The second-order valence-electron chi connectivity index (χ2n) is 6.25. The lowest BCUT2D eigenvalue weighted by Crippen LogP contribution is -2.40. The summed E-state index contributed by atoms with van der Waals surface area (Å²) in [5.74, 6) is -0.505. The van der Waals surface area contributed by atoms with Crippen LogP contribution >= 0.6 is 0 Å². The molecule has 1 saturated heterocycles. The van der Waals surface area contributed by atoms with E-state index >= 15 is 0 Å². The first-order valence-corrected chi connectivity index (χ1v) is 8.63. The summed E-state index contributed by atoms with van der Waals surface area (Å²) >= 11 is 0. The number of esters is 2. The van der Waals surface area contributed by atoms with Gasteiger partial charge in [0.2, 0.25) is 0 Å². The van der Waals surface area contributed by atoms with E-state index in [1.807, 2.05) is 30.3 Å². The molecule has 0 amide bonds. The Balaban J connectivity index is 1.80. The first-order valence-electron chi connectivity index (χ1n) is 8.63. The molecule has 0 bridgehead atoms. The molecule has 132 valence electrons. The Morgan fingerprint density at radius 1 is 1.21 bits per heavy atom. The van der Waals surface area contributed by atoms with E-state index in [4.69, 9.17) is 14.2 Å². The molecule has 0 radical (unpaired) electrons. The third-order valence-corrected chi connectivity index (χ3v) is 4.07. The molecule has 1 aliphatic heterocycles. The minimum atomic E-state index is -0.841. The molecule has 1 unspecified atom stereocenters. The third kappa shape index (κ3) is 5.96. The Morgan fingerprint density at radius 2 is 2.00 bits per heavy atom. The van der Waals surface area contributed by atoms with Gasteiger partial charge < -0.3 is 14.2 Å². The maximum absolute atomic E-state index is 11.8. The Labute approximate surface area is 143 Å². The topological polar surface area (TPSA) is 61.8 Å². The van der Waals surface area contributed by atoms with Gasteiger partial charge in [0, 0.05) is 19.3 Å². The van der Waals surface area contributed by atoms with Gasteiger partial charge in [-0.05, 0) is 12.0 Å². The summed E-state index contributed by atoms with van der Waals surface area (Å²) in [5, 5.41) is 0. The molecule has 0 saturated carbocycles. The third-order valence-electron chi connectivity index (χ3n) is 4.07. The van der Waals surface area contributed by atoms with Crippen LogP contribution in [-0.4, -0.2) is 30.8 Å². The van der Waals surface area contributed by atoms with Crippen molar-refractivity contribution >= 4 is 11.9 Å². The normalized spacial score (nSPS) is 20.0. The molecule has 0 spiro atoms. The van der Waals surface area contributed by atoms with E-state index in [0.29, 0.717) is 25.9 Å². The summed E-state index contributed by atoms with van der Waals surface area (Å²) in [6.07, 6.45) is 4.15. The highest BCUT2D eigenvalue weighted by Gasteiger charge is 2.42. The lowest BCUT2D eigenvalue weighted by Gasteiger charge is -2.27. The average molecular weight is 334 g/mol. The Kier molecular flexibility index (Phi) is 7.25. The molecule has 1 heterocycles. The standard InChI is InChI=1S/C19H26O5/c1-2-3-5-10-17(20)23-15-19(12-11-18(21)24-19)14-22-13-16-8-6-4-7-9-16/h4,6-9H,2-3,5,10-15H2,1H3. The number of hydrogen-bond acceptors (Lipinski definition) is 5. The molecular weight excluding hydrogens is 308 g/mol. The molecule has 1 aromatic rings. The van der Waals surface area contributed by atoms with Crippen LogP contribution in [0.5, 0.6) is 0 Å². The highest BCUT2D eigenvalue weighted by Crippen LogP contribution is 2.28. The van der Waals surface area contributed by atoms with Gasteiger partial charge in [-0.2, -0.15) is 0 Å². The van der Waals surface area contributed by atoms with Crippen molar-refractivity contribution in [3.05, 3.63) is 35.9 Å². The summed E-state index contributed by atoms with van der Waals surface area (Å²) in [6.45, 7) is 2.82. The zero-order valence-electron chi connectivity index (χ0n) is 14.3. The van der Waals surface area contributed by atoms with Gasteiger partial charge in [-0.15, -0.1) is 0 Å². The van der Waals surface area contributed by atoms with Gasteiger partial charge in [-0.25, -0.2) is 0 Å². The van der Waals surface area contributed by atoms with Crippen molar-refractivity contribution in [3.8, 4) is 0 Å². The summed E-state index contributed by atoms with van der Waals surface area (Å²) in [7, 11) is 0. The number of carbonyl (C=O) groups excluding carboxylic acids is 2. The maximum Gasteiger partial charge on any atom is 0.306 e. The zero-order chi connectivity index (χ0) is 17.3. The highest BCUT2D eigenvalue weighted by molar-refractivity contribution is 5.72. The lowest BCUT2D eigenvalue weighted by molar-refractivity contribution is -0.169. The van der Waals surface area contributed by atoms with Crippen LogP contribution in [0.1, 0.15) is 51.0 Å². The van der Waals surface area contributed by atoms with Gasteiger partial charge in [0.15, 0.2) is 5.60 Å². The fourth-order valence-corrected chi connectivity index (χ4v) is 2.65. The number of unbranched alkanes of at least 4 members (excludes halogenated alkanes) is 2. The molecule has 0 N–H and O–H groups in total. The molecule has 1 fully saturated rings. The van der Waals surface area contributed by atoms with Crippen molar-refractivity contribution in [2.24, 2.45) is 0 Å². The molecule has 1 atom stereocenters. The number of carbonyl (C=O) groups is 2. The van der Waals surface area contributed by atoms with Crippen LogP contribution in [0.4, 0.5) is 0 Å². The zero-order valence-corrected chi connectivity index (χ0v) is 14.3. The van der Waals surface area contributed by atoms with Gasteiger partial charge in [-0.3, -0.25) is 9.59 Å². The number of benzene rings is 1. The summed E-state index contributed by atoms with van der Waals surface area (Å²) < 4.78 is 16.5. The van der Waals surface area contributed by atoms with E-state index in [1.165, 1.54) is 0 Å². The summed E-state index contributed by atoms with van der Waals surface area (Å²) in [5.41, 5.74) is 0.209. The van der Waals surface area contributed by atoms with Crippen molar-refractivity contribution in [2.45, 2.75) is 57.7 Å². The molecule has 0 aliphatic carbocycles. The summed E-state index contributed by atoms with van der Waals surface area (Å²) in [6, 6.07) is 9.79. The minimum Gasteiger partial charge on any atom is -0.461 e. The van der Waals surface area contributed by atoms with Crippen molar-refractivity contribution < 1.29 is 23.8 Å². The fourth-order valence-electron chi connectivity index (χ4n) is 2.65. The number of cyclic esters (lactones) is 1. The van der Waals surface area contributed by atoms with E-state index in [2.05, 4.69) is 6.92 Å². The SMILES string of the molecule is CCCCCC(=O)OCC1(COCc2ccccc2)CCC(=O)O1. The number of rotatable bonds is 10. The summed E-state index contributed by atoms with van der Waals surface area (Å²) in [4.78, 5) is 23.3. The molecule has 2 rings (SSSR count). The lowest BCUT2D eigenvalue weighted by atomic mass is 10.0. The Morgan fingerprint density at radius 3 is 2.67 bits per heavy atom. The van der Waals surface area contributed by atoms with Crippen LogP contribution < -0.4 is 0 Å². The second-order valence-corrected chi connectivity index (χ2v) is 6.25. The van der Waals surface area contributed by atoms with Crippen LogP contribution in [0.2, 0.25) is 0 Å². The van der Waals surface area contributed by atoms with Crippen LogP contribution in [0.25, 0.3) is 0 Å². The van der Waals surface area contributed by atoms with Crippen molar-refractivity contribution in [2.75, 3.05) is 13.2 Å². The van der Waals surface area contributed by atoms with Gasteiger partial charge in [-0.1, -0.05) is 50.1 Å². The maximum atomic E-state index is 11.8. The van der Waals surface area contributed by atoms with E-state index in [1.54, 1.807) is 0 Å². The predicted molar refractivity (Wildman–Crippen MR) is 89.3 cm³/mol. The van der Waals surface area contributed by atoms with E-state index in [9.17, 15) is 9.59 Å². The highest BCUT2D eigenvalue weighted by atomic mass is 16.6. The Bertz CT molecular complexity index is 528. The molecule has 1 aliphatic rings. The molecule has 1 aromatic carbocycles. The second kappa shape index (κ2) is 9.42.